The van der Waals surface area contributed by atoms with Crippen molar-refractivity contribution in [1.29, 1.82) is 0 Å². The number of pyridine rings is 1. The third-order valence-corrected chi connectivity index (χ3v) is 6.70. The number of amides is 1. The van der Waals surface area contributed by atoms with E-state index >= 15 is 0 Å². The predicted molar refractivity (Wildman–Crippen MR) is 126 cm³/mol. The van der Waals surface area contributed by atoms with Gasteiger partial charge in [-0.1, -0.05) is 12.1 Å². The number of halogens is 2. The van der Waals surface area contributed by atoms with Gasteiger partial charge in [-0.2, -0.15) is 0 Å². The van der Waals surface area contributed by atoms with Crippen molar-refractivity contribution < 1.29 is 13.6 Å². The van der Waals surface area contributed by atoms with Crippen LogP contribution in [0.1, 0.15) is 35.5 Å². The van der Waals surface area contributed by atoms with Crippen LogP contribution in [0.4, 0.5) is 14.6 Å². The van der Waals surface area contributed by atoms with E-state index < -0.39 is 11.5 Å². The first-order valence-electron chi connectivity index (χ1n) is 11.5. The summed E-state index contributed by atoms with van der Waals surface area (Å²) in [7, 11) is 0. The van der Waals surface area contributed by atoms with Crippen LogP contribution in [0, 0.1) is 24.6 Å². The van der Waals surface area contributed by atoms with Crippen molar-refractivity contribution in [3.63, 3.8) is 0 Å². The molecule has 2 saturated heterocycles. The summed E-state index contributed by atoms with van der Waals surface area (Å²) in [6, 6.07) is 9.98. The fourth-order valence-corrected chi connectivity index (χ4v) is 4.99. The molecule has 4 heterocycles. The van der Waals surface area contributed by atoms with Gasteiger partial charge < -0.3 is 9.80 Å². The molecule has 0 radical (unpaired) electrons. The first-order valence-corrected chi connectivity index (χ1v) is 11.5. The fourth-order valence-electron chi connectivity index (χ4n) is 4.99. The van der Waals surface area contributed by atoms with E-state index in [0.29, 0.717) is 30.2 Å². The van der Waals surface area contributed by atoms with Crippen LogP contribution in [-0.4, -0.2) is 51.9 Å². The van der Waals surface area contributed by atoms with Crippen molar-refractivity contribution in [2.45, 2.75) is 26.4 Å². The molecular weight excluding hydrogens is 436 g/mol. The average Bonchev–Trinajstić information content (AvgIpc) is 3.38. The summed E-state index contributed by atoms with van der Waals surface area (Å²) in [5.41, 5.74) is 0.288. The largest absolute Gasteiger partial charge is 0.356 e. The van der Waals surface area contributed by atoms with Gasteiger partial charge >= 0.3 is 0 Å². The van der Waals surface area contributed by atoms with E-state index in [0.717, 1.165) is 24.5 Å². The van der Waals surface area contributed by atoms with E-state index in [9.17, 15) is 13.6 Å². The number of aryl methyl sites for hydroxylation is 1. The van der Waals surface area contributed by atoms with Crippen LogP contribution < -0.4 is 4.90 Å². The number of hydrogen-bond acceptors (Lipinski definition) is 5. The summed E-state index contributed by atoms with van der Waals surface area (Å²) in [5.74, 6) is 0.682. The Bertz CT molecular complexity index is 1210. The Morgan fingerprint density at radius 1 is 1.03 bits per heavy atom. The van der Waals surface area contributed by atoms with Crippen LogP contribution in [0.25, 0.3) is 11.4 Å². The summed E-state index contributed by atoms with van der Waals surface area (Å²) >= 11 is 0. The molecule has 6 nitrogen and oxygen atoms in total. The minimum absolute atomic E-state index is 0.0145. The van der Waals surface area contributed by atoms with Crippen LogP contribution in [0.5, 0.6) is 0 Å². The van der Waals surface area contributed by atoms with E-state index in [1.807, 2.05) is 13.0 Å². The average molecular weight is 464 g/mol. The number of carbonyl (C=O) groups is 1. The highest BCUT2D eigenvalue weighted by Gasteiger charge is 2.43. The van der Waals surface area contributed by atoms with Gasteiger partial charge in [-0.15, -0.1) is 0 Å². The smallest absolute Gasteiger partial charge is 0.257 e. The Morgan fingerprint density at radius 3 is 2.35 bits per heavy atom. The van der Waals surface area contributed by atoms with Gasteiger partial charge in [0.15, 0.2) is 5.82 Å². The number of aromatic nitrogens is 3. The van der Waals surface area contributed by atoms with Crippen molar-refractivity contribution in [2.24, 2.45) is 11.8 Å². The molecule has 2 aliphatic rings. The molecule has 0 bridgehead atoms. The summed E-state index contributed by atoms with van der Waals surface area (Å²) in [5, 5.41) is 0. The molecule has 0 aliphatic carbocycles. The molecule has 0 spiro atoms. The zero-order valence-corrected chi connectivity index (χ0v) is 19.5. The van der Waals surface area contributed by atoms with Gasteiger partial charge in [-0.25, -0.2) is 23.7 Å². The first kappa shape index (κ1) is 22.4. The van der Waals surface area contributed by atoms with Crippen LogP contribution in [0.15, 0.2) is 48.8 Å². The van der Waals surface area contributed by atoms with Crippen molar-refractivity contribution in [1.82, 2.24) is 19.9 Å². The minimum atomic E-state index is -1.51. The SMILES string of the molecule is Cc1cc(N2C[C@H]3CN(C(=O)c4c(F)cccc4-c4ncccn4)C[C@H]3C2)nc(C(C)(C)F)c1. The molecule has 2 fully saturated rings. The number of fused-ring (bicyclic) bond motifs is 1. The van der Waals surface area contributed by atoms with Crippen LogP contribution in [-0.2, 0) is 5.67 Å². The van der Waals surface area contributed by atoms with E-state index in [2.05, 4.69) is 19.9 Å². The molecule has 0 saturated carbocycles. The number of likely N-dealkylation sites (tertiary alicyclic amines) is 1. The lowest BCUT2D eigenvalue weighted by Gasteiger charge is -2.25. The van der Waals surface area contributed by atoms with Gasteiger partial charge in [0.05, 0.1) is 11.3 Å². The minimum Gasteiger partial charge on any atom is -0.356 e. The molecule has 0 N–H and O–H groups in total. The molecule has 176 valence electrons. The lowest BCUT2D eigenvalue weighted by atomic mass is 10.0. The Hall–Kier alpha value is -3.42. The number of carbonyl (C=O) groups excluding carboxylic acids is 1. The summed E-state index contributed by atoms with van der Waals surface area (Å²) in [6.45, 7) is 7.50. The topological polar surface area (TPSA) is 62.2 Å². The van der Waals surface area contributed by atoms with E-state index in [1.54, 1.807) is 41.6 Å². The van der Waals surface area contributed by atoms with Crippen LogP contribution in [0.2, 0.25) is 0 Å². The molecule has 0 unspecified atom stereocenters. The fraction of sp³-hybridized carbons (Fsp3) is 0.385. The Kier molecular flexibility index (Phi) is 5.54. The van der Waals surface area contributed by atoms with Gasteiger partial charge in [0.2, 0.25) is 0 Å². The number of anilines is 1. The summed E-state index contributed by atoms with van der Waals surface area (Å²) < 4.78 is 29.4. The maximum Gasteiger partial charge on any atom is 0.257 e. The second-order valence-electron chi connectivity index (χ2n) is 9.73. The van der Waals surface area contributed by atoms with Crippen molar-refractivity contribution >= 4 is 11.7 Å². The highest BCUT2D eigenvalue weighted by Crippen LogP contribution is 2.36. The van der Waals surface area contributed by atoms with Gasteiger partial charge in [-0.3, -0.25) is 4.79 Å². The molecule has 2 aliphatic heterocycles. The summed E-state index contributed by atoms with van der Waals surface area (Å²) in [4.78, 5) is 30.3. The highest BCUT2D eigenvalue weighted by molar-refractivity contribution is 6.00. The number of nitrogens with zero attached hydrogens (tertiary/aromatic N) is 5. The predicted octanol–water partition coefficient (Wildman–Crippen LogP) is 4.40. The molecule has 3 aromatic rings. The standard InChI is InChI=1S/C26H27F2N5O/c1-16-10-21(26(2,3)28)31-22(11-16)32-12-17-14-33(15-18(17)13-32)25(34)23-19(6-4-7-20(23)27)24-29-8-5-9-30-24/h4-11,17-18H,12-15H2,1-3H3/t17-,18+. The molecule has 8 heteroatoms. The second-order valence-corrected chi connectivity index (χ2v) is 9.73. The van der Waals surface area contributed by atoms with Crippen LogP contribution in [0.3, 0.4) is 0 Å². The molecule has 1 amide bonds. The first-order chi connectivity index (χ1) is 16.2. The monoisotopic (exact) mass is 463 g/mol. The van der Waals surface area contributed by atoms with E-state index in [1.165, 1.54) is 19.9 Å². The Labute approximate surface area is 197 Å². The van der Waals surface area contributed by atoms with Crippen molar-refractivity contribution in [3.05, 3.63) is 71.4 Å². The highest BCUT2D eigenvalue weighted by atomic mass is 19.1. The maximum absolute atomic E-state index is 14.8. The lowest BCUT2D eigenvalue weighted by Crippen LogP contribution is -2.34. The third kappa shape index (κ3) is 4.13. The number of rotatable bonds is 4. The maximum atomic E-state index is 14.8. The molecule has 5 rings (SSSR count). The quantitative estimate of drug-likeness (QED) is 0.574. The van der Waals surface area contributed by atoms with Gasteiger partial charge in [0.25, 0.3) is 5.91 Å². The molecule has 2 atom stereocenters. The summed E-state index contributed by atoms with van der Waals surface area (Å²) in [6.07, 6.45) is 3.15. The molecule has 1 aromatic carbocycles. The zero-order valence-electron chi connectivity index (χ0n) is 19.5. The zero-order chi connectivity index (χ0) is 24.0. The number of alkyl halides is 1. The van der Waals surface area contributed by atoms with Crippen molar-refractivity contribution in [3.8, 4) is 11.4 Å². The van der Waals surface area contributed by atoms with Gasteiger partial charge in [0, 0.05) is 56.0 Å². The van der Waals surface area contributed by atoms with E-state index in [4.69, 9.17) is 0 Å². The normalized spacial score (nSPS) is 20.0. The molecule has 2 aromatic heterocycles. The van der Waals surface area contributed by atoms with Gasteiger partial charge in [-0.05, 0) is 50.6 Å². The second kappa shape index (κ2) is 8.42. The number of hydrogen-bond donors (Lipinski definition) is 0. The number of benzene rings is 1. The van der Waals surface area contributed by atoms with Crippen molar-refractivity contribution in [2.75, 3.05) is 31.1 Å². The van der Waals surface area contributed by atoms with Gasteiger partial charge in [0.1, 0.15) is 17.3 Å². The Morgan fingerprint density at radius 2 is 1.71 bits per heavy atom. The molecular formula is C26H27F2N5O. The Balaban J connectivity index is 1.34. The molecule has 34 heavy (non-hydrogen) atoms. The van der Waals surface area contributed by atoms with Crippen LogP contribution >= 0.6 is 0 Å². The lowest BCUT2D eigenvalue weighted by molar-refractivity contribution is 0.0778. The van der Waals surface area contributed by atoms with E-state index in [-0.39, 0.29) is 23.3 Å². The third-order valence-electron chi connectivity index (χ3n) is 6.70.